The van der Waals surface area contributed by atoms with Crippen LogP contribution in [0, 0.1) is 11.3 Å². The van der Waals surface area contributed by atoms with Crippen LogP contribution in [0.25, 0.3) is 0 Å². The van der Waals surface area contributed by atoms with Crippen molar-refractivity contribution >= 4 is 5.91 Å². The maximum atomic E-state index is 12.3. The summed E-state index contributed by atoms with van der Waals surface area (Å²) in [5, 5.41) is 21.3. The summed E-state index contributed by atoms with van der Waals surface area (Å²) in [7, 11) is 0. The predicted octanol–water partition coefficient (Wildman–Crippen LogP) is 3.24. The van der Waals surface area contributed by atoms with Crippen LogP contribution in [0.4, 0.5) is 0 Å². The summed E-state index contributed by atoms with van der Waals surface area (Å²) in [5.41, 5.74) is 0.256. The number of nitriles is 1. The summed E-state index contributed by atoms with van der Waals surface area (Å²) in [6, 6.07) is 15.5. The third kappa shape index (κ3) is 4.34. The molecule has 5 heteroatoms. The molecule has 2 aromatic rings. The summed E-state index contributed by atoms with van der Waals surface area (Å²) < 4.78 is 5.71. The first-order chi connectivity index (χ1) is 11.3. The molecule has 24 heavy (non-hydrogen) atoms. The van der Waals surface area contributed by atoms with Gasteiger partial charge in [-0.3, -0.25) is 4.79 Å². The average Bonchev–Trinajstić information content (AvgIpc) is 2.55. The molecule has 124 valence electrons. The molecule has 0 saturated heterocycles. The van der Waals surface area contributed by atoms with Crippen molar-refractivity contribution < 1.29 is 14.6 Å². The molecule has 2 rings (SSSR count). The van der Waals surface area contributed by atoms with Crippen LogP contribution in [-0.4, -0.2) is 22.7 Å². The number of hydrogen-bond donors (Lipinski definition) is 2. The highest BCUT2D eigenvalue weighted by Crippen LogP contribution is 2.23. The Morgan fingerprint density at radius 1 is 1.21 bits per heavy atom. The Labute approximate surface area is 141 Å². The van der Waals surface area contributed by atoms with Gasteiger partial charge in [0.05, 0.1) is 23.3 Å². The number of nitrogens with zero attached hydrogens (tertiary/aromatic N) is 1. The number of aliphatic hydroxyl groups excluding tert-OH is 1. The third-order valence-electron chi connectivity index (χ3n) is 3.80. The third-order valence-corrected chi connectivity index (χ3v) is 3.80. The van der Waals surface area contributed by atoms with E-state index < -0.39 is 11.6 Å². The van der Waals surface area contributed by atoms with E-state index in [0.717, 1.165) is 0 Å². The number of nitrogens with one attached hydrogen (secondary N) is 1. The molecule has 2 aromatic carbocycles. The van der Waals surface area contributed by atoms with Gasteiger partial charge in [-0.25, -0.2) is 0 Å². The molecule has 0 spiro atoms. The van der Waals surface area contributed by atoms with Crippen molar-refractivity contribution in [3.63, 3.8) is 0 Å². The van der Waals surface area contributed by atoms with Crippen LogP contribution in [0.15, 0.2) is 48.5 Å². The molecule has 1 atom stereocenters. The Hall–Kier alpha value is -2.84. The molecule has 0 heterocycles. The molecule has 0 aliphatic rings. The van der Waals surface area contributed by atoms with E-state index in [0.29, 0.717) is 22.6 Å². The van der Waals surface area contributed by atoms with Gasteiger partial charge in [0, 0.05) is 5.56 Å². The Kier molecular flexibility index (Phi) is 5.22. The lowest BCUT2D eigenvalue weighted by Crippen LogP contribution is -2.50. The minimum absolute atomic E-state index is 0.286. The van der Waals surface area contributed by atoms with Crippen LogP contribution in [0.3, 0.4) is 0 Å². The highest BCUT2D eigenvalue weighted by atomic mass is 16.5. The number of aliphatic hydroxyl groups is 1. The number of hydrogen-bond acceptors (Lipinski definition) is 4. The van der Waals surface area contributed by atoms with Gasteiger partial charge >= 0.3 is 0 Å². The minimum atomic E-state index is -0.735. The number of amides is 1. The standard InChI is InChI=1S/C19H20N2O3/c1-13(22)19(2,3)21-18(23)15-5-4-6-17(11-15)24-16-9-7-14(12-20)8-10-16/h4-11,13,22H,1-3H3,(H,21,23)/t13-/m1/s1. The smallest absolute Gasteiger partial charge is 0.251 e. The lowest BCUT2D eigenvalue weighted by atomic mass is 9.98. The second kappa shape index (κ2) is 7.16. The van der Waals surface area contributed by atoms with Gasteiger partial charge in [-0.15, -0.1) is 0 Å². The first-order valence-corrected chi connectivity index (χ1v) is 7.60. The van der Waals surface area contributed by atoms with E-state index in [1.54, 1.807) is 69.3 Å². The fraction of sp³-hybridized carbons (Fsp3) is 0.263. The Morgan fingerprint density at radius 2 is 1.88 bits per heavy atom. The molecular weight excluding hydrogens is 304 g/mol. The quantitative estimate of drug-likeness (QED) is 0.884. The summed E-state index contributed by atoms with van der Waals surface area (Å²) in [6.07, 6.45) is -0.681. The zero-order chi connectivity index (χ0) is 17.7. The number of ether oxygens (including phenoxy) is 1. The van der Waals surface area contributed by atoms with Gasteiger partial charge in [0.1, 0.15) is 11.5 Å². The van der Waals surface area contributed by atoms with Crippen molar-refractivity contribution in [3.05, 3.63) is 59.7 Å². The van der Waals surface area contributed by atoms with Gasteiger partial charge < -0.3 is 15.2 Å². The van der Waals surface area contributed by atoms with Gasteiger partial charge in [-0.1, -0.05) is 6.07 Å². The van der Waals surface area contributed by atoms with Crippen molar-refractivity contribution in [2.45, 2.75) is 32.4 Å². The van der Waals surface area contributed by atoms with E-state index in [2.05, 4.69) is 5.32 Å². The second-order valence-electron chi connectivity index (χ2n) is 6.12. The van der Waals surface area contributed by atoms with Crippen LogP contribution < -0.4 is 10.1 Å². The molecule has 0 saturated carbocycles. The summed E-state index contributed by atoms with van der Waals surface area (Å²) >= 11 is 0. The first kappa shape index (κ1) is 17.5. The van der Waals surface area contributed by atoms with E-state index >= 15 is 0 Å². The normalized spacial score (nSPS) is 12.1. The monoisotopic (exact) mass is 324 g/mol. The molecule has 0 bridgehead atoms. The maximum absolute atomic E-state index is 12.3. The fourth-order valence-electron chi connectivity index (χ4n) is 1.90. The number of benzene rings is 2. The van der Waals surface area contributed by atoms with Crippen molar-refractivity contribution in [1.29, 1.82) is 5.26 Å². The molecule has 0 radical (unpaired) electrons. The summed E-state index contributed by atoms with van der Waals surface area (Å²) in [4.78, 5) is 12.3. The highest BCUT2D eigenvalue weighted by Gasteiger charge is 2.26. The summed E-state index contributed by atoms with van der Waals surface area (Å²) in [5.74, 6) is 0.809. The predicted molar refractivity (Wildman–Crippen MR) is 90.9 cm³/mol. The zero-order valence-electron chi connectivity index (χ0n) is 13.9. The maximum Gasteiger partial charge on any atom is 0.251 e. The van der Waals surface area contributed by atoms with E-state index in [9.17, 15) is 9.90 Å². The van der Waals surface area contributed by atoms with Crippen LogP contribution >= 0.6 is 0 Å². The Bertz CT molecular complexity index is 759. The zero-order valence-corrected chi connectivity index (χ0v) is 13.9. The second-order valence-corrected chi connectivity index (χ2v) is 6.12. The molecule has 0 aliphatic carbocycles. The molecule has 0 fully saturated rings. The molecule has 0 aliphatic heterocycles. The van der Waals surface area contributed by atoms with Crippen LogP contribution in [-0.2, 0) is 0 Å². The summed E-state index contributed by atoms with van der Waals surface area (Å²) in [6.45, 7) is 5.14. The van der Waals surface area contributed by atoms with Crippen molar-refractivity contribution in [2.75, 3.05) is 0 Å². The van der Waals surface area contributed by atoms with Gasteiger partial charge in [0.15, 0.2) is 0 Å². The minimum Gasteiger partial charge on any atom is -0.457 e. The first-order valence-electron chi connectivity index (χ1n) is 7.60. The molecule has 0 unspecified atom stereocenters. The fourth-order valence-corrected chi connectivity index (χ4v) is 1.90. The number of rotatable bonds is 5. The van der Waals surface area contributed by atoms with Crippen molar-refractivity contribution in [3.8, 4) is 17.6 Å². The molecular formula is C19H20N2O3. The van der Waals surface area contributed by atoms with E-state index in [1.165, 1.54) is 0 Å². The van der Waals surface area contributed by atoms with Crippen molar-refractivity contribution in [2.24, 2.45) is 0 Å². The van der Waals surface area contributed by atoms with Crippen LogP contribution in [0.5, 0.6) is 11.5 Å². The van der Waals surface area contributed by atoms with Gasteiger partial charge in [0.2, 0.25) is 0 Å². The lowest BCUT2D eigenvalue weighted by molar-refractivity contribution is 0.0709. The average molecular weight is 324 g/mol. The lowest BCUT2D eigenvalue weighted by Gasteiger charge is -2.29. The van der Waals surface area contributed by atoms with Gasteiger partial charge in [-0.2, -0.15) is 5.26 Å². The van der Waals surface area contributed by atoms with Crippen LogP contribution in [0.1, 0.15) is 36.7 Å². The topological polar surface area (TPSA) is 82.3 Å². The van der Waals surface area contributed by atoms with Crippen molar-refractivity contribution in [1.82, 2.24) is 5.32 Å². The largest absolute Gasteiger partial charge is 0.457 e. The van der Waals surface area contributed by atoms with Crippen LogP contribution in [0.2, 0.25) is 0 Å². The molecule has 5 nitrogen and oxygen atoms in total. The van der Waals surface area contributed by atoms with Gasteiger partial charge in [0.25, 0.3) is 5.91 Å². The molecule has 2 N–H and O–H groups in total. The highest BCUT2D eigenvalue weighted by molar-refractivity contribution is 5.95. The van der Waals surface area contributed by atoms with Gasteiger partial charge in [-0.05, 0) is 63.2 Å². The van der Waals surface area contributed by atoms with E-state index in [4.69, 9.17) is 10.00 Å². The molecule has 0 aromatic heterocycles. The Balaban J connectivity index is 2.13. The number of carbonyl (C=O) groups is 1. The Morgan fingerprint density at radius 3 is 2.46 bits per heavy atom. The van der Waals surface area contributed by atoms with E-state index in [1.807, 2.05) is 6.07 Å². The molecule has 1 amide bonds. The van der Waals surface area contributed by atoms with E-state index in [-0.39, 0.29) is 5.91 Å². The SMILES string of the molecule is C[C@@H](O)C(C)(C)NC(=O)c1cccc(Oc2ccc(C#N)cc2)c1. The number of carbonyl (C=O) groups excluding carboxylic acids is 1.